The van der Waals surface area contributed by atoms with Gasteiger partial charge in [0.2, 0.25) is 5.95 Å². The molecule has 2 aromatic carbocycles. The summed E-state index contributed by atoms with van der Waals surface area (Å²) in [5.41, 5.74) is 2.55. The van der Waals surface area contributed by atoms with Crippen molar-refractivity contribution in [1.29, 1.82) is 0 Å². The summed E-state index contributed by atoms with van der Waals surface area (Å²) in [6, 6.07) is 15.1. The van der Waals surface area contributed by atoms with Crippen LogP contribution in [0.4, 0.5) is 36.3 Å². The van der Waals surface area contributed by atoms with Crippen LogP contribution >= 0.6 is 0 Å². The van der Waals surface area contributed by atoms with E-state index in [-0.39, 0.29) is 11.8 Å². The summed E-state index contributed by atoms with van der Waals surface area (Å²) in [6.07, 6.45) is -1.00. The molecule has 3 rings (SSSR count). The largest absolute Gasteiger partial charge is 0.421 e. The first-order valence-corrected chi connectivity index (χ1v) is 10.4. The average molecular weight is 429 g/mol. The maximum Gasteiger partial charge on any atom is 0.421 e. The Morgan fingerprint density at radius 3 is 2.32 bits per heavy atom. The fourth-order valence-corrected chi connectivity index (χ4v) is 3.30. The molecule has 0 atom stereocenters. The van der Waals surface area contributed by atoms with Gasteiger partial charge in [0.05, 0.1) is 0 Å². The summed E-state index contributed by atoms with van der Waals surface area (Å²) in [5.74, 6) is 0.187. The number of anilines is 4. The average Bonchev–Trinajstić information content (AvgIpc) is 2.70. The van der Waals surface area contributed by atoms with Crippen LogP contribution in [-0.2, 0) is 19.0 Å². The summed E-state index contributed by atoms with van der Waals surface area (Å²) < 4.78 is 40.8. The number of halogens is 3. The van der Waals surface area contributed by atoms with Crippen LogP contribution < -0.4 is 10.6 Å². The van der Waals surface area contributed by atoms with E-state index in [9.17, 15) is 13.2 Å². The molecule has 0 aliphatic heterocycles. The summed E-state index contributed by atoms with van der Waals surface area (Å²) in [6.45, 7) is 6.24. The SMILES string of the molecule is CCCc1ccc(Nc2ncc(C(F)(F)F)c(Nc3ccccc3CC(C)C)n2)cc1. The van der Waals surface area contributed by atoms with Gasteiger partial charge in [0.15, 0.2) is 0 Å². The second kappa shape index (κ2) is 9.81. The molecule has 0 aliphatic carbocycles. The molecule has 3 aromatic rings. The highest BCUT2D eigenvalue weighted by Gasteiger charge is 2.35. The molecule has 4 nitrogen and oxygen atoms in total. The van der Waals surface area contributed by atoms with Gasteiger partial charge in [0.1, 0.15) is 11.4 Å². The van der Waals surface area contributed by atoms with Crippen molar-refractivity contribution in [2.75, 3.05) is 10.6 Å². The number of benzene rings is 2. The van der Waals surface area contributed by atoms with Crippen molar-refractivity contribution in [3.05, 3.63) is 71.4 Å². The molecule has 164 valence electrons. The van der Waals surface area contributed by atoms with E-state index in [1.807, 2.05) is 36.4 Å². The van der Waals surface area contributed by atoms with Gasteiger partial charge in [-0.25, -0.2) is 4.98 Å². The Hall–Kier alpha value is -3.09. The number of nitrogens with zero attached hydrogens (tertiary/aromatic N) is 2. The van der Waals surface area contributed by atoms with E-state index < -0.39 is 11.7 Å². The molecule has 7 heteroatoms. The predicted octanol–water partition coefficient (Wildman–Crippen LogP) is 7.13. The Morgan fingerprint density at radius 1 is 0.968 bits per heavy atom. The van der Waals surface area contributed by atoms with Crippen molar-refractivity contribution in [2.45, 2.75) is 46.2 Å². The molecule has 0 amide bonds. The molecule has 0 unspecified atom stereocenters. The second-order valence-electron chi connectivity index (χ2n) is 7.91. The third-order valence-corrected chi connectivity index (χ3v) is 4.74. The number of aromatic nitrogens is 2. The predicted molar refractivity (Wildman–Crippen MR) is 119 cm³/mol. The van der Waals surface area contributed by atoms with E-state index >= 15 is 0 Å². The zero-order valence-electron chi connectivity index (χ0n) is 17.9. The maximum absolute atomic E-state index is 13.6. The van der Waals surface area contributed by atoms with Crippen molar-refractivity contribution in [3.8, 4) is 0 Å². The first kappa shape index (κ1) is 22.6. The molecule has 0 saturated carbocycles. The Balaban J connectivity index is 1.91. The Bertz CT molecular complexity index is 998. The van der Waals surface area contributed by atoms with E-state index in [4.69, 9.17) is 0 Å². The van der Waals surface area contributed by atoms with Crippen molar-refractivity contribution < 1.29 is 13.2 Å². The van der Waals surface area contributed by atoms with E-state index in [0.29, 0.717) is 17.3 Å². The van der Waals surface area contributed by atoms with Crippen LogP contribution in [0.15, 0.2) is 54.7 Å². The minimum atomic E-state index is -4.57. The minimum Gasteiger partial charge on any atom is -0.339 e. The Kier molecular flexibility index (Phi) is 7.15. The van der Waals surface area contributed by atoms with Gasteiger partial charge in [-0.05, 0) is 48.1 Å². The Morgan fingerprint density at radius 2 is 1.68 bits per heavy atom. The molecular formula is C24H27F3N4. The van der Waals surface area contributed by atoms with Crippen LogP contribution in [0.5, 0.6) is 0 Å². The first-order chi connectivity index (χ1) is 14.8. The molecule has 0 fully saturated rings. The lowest BCUT2D eigenvalue weighted by Gasteiger charge is -2.17. The minimum absolute atomic E-state index is 0.0973. The smallest absolute Gasteiger partial charge is 0.339 e. The van der Waals surface area contributed by atoms with Gasteiger partial charge in [-0.2, -0.15) is 18.2 Å². The molecule has 1 aromatic heterocycles. The van der Waals surface area contributed by atoms with Gasteiger partial charge in [0, 0.05) is 17.6 Å². The van der Waals surface area contributed by atoms with Crippen LogP contribution in [0, 0.1) is 5.92 Å². The van der Waals surface area contributed by atoms with Crippen LogP contribution in [0.25, 0.3) is 0 Å². The van der Waals surface area contributed by atoms with Gasteiger partial charge in [-0.15, -0.1) is 0 Å². The Labute approximate surface area is 181 Å². The normalized spacial score (nSPS) is 11.6. The lowest BCUT2D eigenvalue weighted by Crippen LogP contribution is -2.13. The van der Waals surface area contributed by atoms with Crippen molar-refractivity contribution >= 4 is 23.1 Å². The van der Waals surface area contributed by atoms with Crippen molar-refractivity contribution in [3.63, 3.8) is 0 Å². The van der Waals surface area contributed by atoms with E-state index in [1.165, 1.54) is 5.56 Å². The highest BCUT2D eigenvalue weighted by molar-refractivity contribution is 5.65. The second-order valence-corrected chi connectivity index (χ2v) is 7.91. The summed E-state index contributed by atoms with van der Waals surface area (Å²) in [4.78, 5) is 8.05. The molecule has 2 N–H and O–H groups in total. The standard InChI is InChI=1S/C24H27F3N4/c1-4-7-17-10-12-19(13-11-17)29-23-28-15-20(24(25,26)27)22(31-23)30-21-9-6-5-8-18(21)14-16(2)3/h5-6,8-13,15-16H,4,7,14H2,1-3H3,(H2,28,29,30,31). The molecule has 0 bridgehead atoms. The topological polar surface area (TPSA) is 49.8 Å². The maximum atomic E-state index is 13.6. The number of hydrogen-bond donors (Lipinski definition) is 2. The molecule has 0 spiro atoms. The van der Waals surface area contributed by atoms with Gasteiger partial charge in [-0.1, -0.05) is 57.5 Å². The molecule has 0 saturated heterocycles. The summed E-state index contributed by atoms with van der Waals surface area (Å²) in [7, 11) is 0. The lowest BCUT2D eigenvalue weighted by atomic mass is 10.0. The molecular weight excluding hydrogens is 401 g/mol. The van der Waals surface area contributed by atoms with Crippen LogP contribution in [0.2, 0.25) is 0 Å². The van der Waals surface area contributed by atoms with Crippen molar-refractivity contribution in [1.82, 2.24) is 9.97 Å². The van der Waals surface area contributed by atoms with E-state index in [2.05, 4.69) is 41.4 Å². The number of para-hydroxylation sites is 1. The fraction of sp³-hybridized carbons (Fsp3) is 0.333. The summed E-state index contributed by atoms with van der Waals surface area (Å²) in [5, 5.41) is 5.89. The zero-order valence-corrected chi connectivity index (χ0v) is 17.9. The third-order valence-electron chi connectivity index (χ3n) is 4.74. The van der Waals surface area contributed by atoms with Crippen LogP contribution in [0.1, 0.15) is 43.9 Å². The number of aryl methyl sites for hydroxylation is 1. The van der Waals surface area contributed by atoms with E-state index in [1.54, 1.807) is 12.1 Å². The number of hydrogen-bond acceptors (Lipinski definition) is 4. The summed E-state index contributed by atoms with van der Waals surface area (Å²) >= 11 is 0. The van der Waals surface area contributed by atoms with Gasteiger partial charge >= 0.3 is 6.18 Å². The van der Waals surface area contributed by atoms with E-state index in [0.717, 1.165) is 31.0 Å². The van der Waals surface area contributed by atoms with Crippen LogP contribution in [-0.4, -0.2) is 9.97 Å². The number of nitrogens with one attached hydrogen (secondary N) is 2. The monoisotopic (exact) mass is 428 g/mol. The fourth-order valence-electron chi connectivity index (χ4n) is 3.30. The van der Waals surface area contributed by atoms with Gasteiger partial charge in [-0.3, -0.25) is 0 Å². The molecule has 0 aliphatic rings. The quantitative estimate of drug-likeness (QED) is 0.401. The highest BCUT2D eigenvalue weighted by atomic mass is 19.4. The highest BCUT2D eigenvalue weighted by Crippen LogP contribution is 2.36. The first-order valence-electron chi connectivity index (χ1n) is 10.4. The van der Waals surface area contributed by atoms with Gasteiger partial charge in [0.25, 0.3) is 0 Å². The van der Waals surface area contributed by atoms with Crippen molar-refractivity contribution in [2.24, 2.45) is 5.92 Å². The molecule has 1 heterocycles. The zero-order chi connectivity index (χ0) is 22.4. The lowest BCUT2D eigenvalue weighted by molar-refractivity contribution is -0.137. The number of rotatable bonds is 8. The number of alkyl halides is 3. The molecule has 0 radical (unpaired) electrons. The molecule has 31 heavy (non-hydrogen) atoms. The third kappa shape index (κ3) is 6.20. The van der Waals surface area contributed by atoms with Gasteiger partial charge < -0.3 is 10.6 Å². The van der Waals surface area contributed by atoms with Crippen LogP contribution in [0.3, 0.4) is 0 Å².